The molecular formula is C20H13N5O3S. The Morgan fingerprint density at radius 3 is 2.76 bits per heavy atom. The summed E-state index contributed by atoms with van der Waals surface area (Å²) in [4.78, 5) is 17.4. The summed E-state index contributed by atoms with van der Waals surface area (Å²) < 4.78 is 10.7. The number of anilines is 1. The van der Waals surface area contributed by atoms with Crippen LogP contribution in [-0.4, -0.2) is 26.2 Å². The Labute approximate surface area is 168 Å². The Balaban J connectivity index is 1.51. The molecule has 1 N–H and O–H groups in total. The molecule has 1 aromatic carbocycles. The second-order valence-electron chi connectivity index (χ2n) is 6.21. The lowest BCUT2D eigenvalue weighted by atomic mass is 10.1. The number of nitrogens with zero attached hydrogens (tertiary/aromatic N) is 4. The first-order chi connectivity index (χ1) is 14.2. The molecule has 0 saturated heterocycles. The topological polar surface area (TPSA) is 107 Å². The van der Waals surface area contributed by atoms with Gasteiger partial charge < -0.3 is 8.94 Å². The van der Waals surface area contributed by atoms with Crippen molar-refractivity contribution in [2.45, 2.75) is 6.92 Å². The lowest BCUT2D eigenvalue weighted by Gasteiger charge is -2.05. The number of rotatable bonds is 4. The molecule has 0 radical (unpaired) electrons. The van der Waals surface area contributed by atoms with Crippen LogP contribution in [0.2, 0.25) is 0 Å². The van der Waals surface area contributed by atoms with E-state index in [4.69, 9.17) is 8.94 Å². The van der Waals surface area contributed by atoms with E-state index >= 15 is 0 Å². The number of hydrogen-bond donors (Lipinski definition) is 1. The molecule has 9 heteroatoms. The van der Waals surface area contributed by atoms with Crippen LogP contribution in [0.3, 0.4) is 0 Å². The van der Waals surface area contributed by atoms with Crippen LogP contribution in [-0.2, 0) is 0 Å². The Bertz CT molecular complexity index is 1310. The Kier molecular flexibility index (Phi) is 4.14. The second-order valence-corrected chi connectivity index (χ2v) is 7.19. The minimum atomic E-state index is -0.354. The number of carbonyl (C=O) groups is 1. The molecule has 5 rings (SSSR count). The van der Waals surface area contributed by atoms with E-state index in [1.807, 2.05) is 30.3 Å². The van der Waals surface area contributed by atoms with Crippen LogP contribution in [0.4, 0.5) is 5.13 Å². The lowest BCUT2D eigenvalue weighted by molar-refractivity contribution is 0.102. The van der Waals surface area contributed by atoms with E-state index in [1.54, 1.807) is 31.4 Å². The fraction of sp³-hybridized carbons (Fsp3) is 0.0500. The Morgan fingerprint density at radius 1 is 1.10 bits per heavy atom. The van der Waals surface area contributed by atoms with Gasteiger partial charge >= 0.3 is 0 Å². The summed E-state index contributed by atoms with van der Waals surface area (Å²) in [6.07, 6.45) is 1.54. The number of carbonyl (C=O) groups excluding carboxylic acids is 1. The molecule has 142 valence electrons. The second kappa shape index (κ2) is 6.95. The van der Waals surface area contributed by atoms with Crippen LogP contribution in [0.1, 0.15) is 16.1 Å². The zero-order valence-corrected chi connectivity index (χ0v) is 15.9. The van der Waals surface area contributed by atoms with Gasteiger partial charge in [-0.1, -0.05) is 46.8 Å². The van der Waals surface area contributed by atoms with Gasteiger partial charge in [-0.3, -0.25) is 10.1 Å². The minimum absolute atomic E-state index is 0.267. The zero-order valence-electron chi connectivity index (χ0n) is 15.1. The van der Waals surface area contributed by atoms with Crippen LogP contribution in [0.15, 0.2) is 63.7 Å². The van der Waals surface area contributed by atoms with Crippen LogP contribution in [0, 0.1) is 6.92 Å². The van der Waals surface area contributed by atoms with Gasteiger partial charge in [-0.05, 0) is 25.1 Å². The van der Waals surface area contributed by atoms with Crippen LogP contribution < -0.4 is 5.32 Å². The number of aryl methyl sites for hydroxylation is 1. The maximum absolute atomic E-state index is 13.0. The van der Waals surface area contributed by atoms with Crippen LogP contribution >= 0.6 is 11.3 Å². The van der Waals surface area contributed by atoms with Gasteiger partial charge in [0.1, 0.15) is 10.7 Å². The number of aromatic nitrogens is 4. The molecule has 0 atom stereocenters. The van der Waals surface area contributed by atoms with E-state index in [2.05, 4.69) is 25.7 Å². The number of hydrogen-bond acceptors (Lipinski definition) is 8. The highest BCUT2D eigenvalue weighted by Crippen LogP contribution is 2.29. The Morgan fingerprint density at radius 2 is 1.97 bits per heavy atom. The van der Waals surface area contributed by atoms with Crippen molar-refractivity contribution in [3.05, 3.63) is 66.1 Å². The summed E-state index contributed by atoms with van der Waals surface area (Å²) >= 11 is 1.30. The molecule has 1 amide bonds. The first-order valence-electron chi connectivity index (χ1n) is 8.70. The molecule has 0 spiro atoms. The van der Waals surface area contributed by atoms with E-state index in [0.29, 0.717) is 33.2 Å². The number of amides is 1. The van der Waals surface area contributed by atoms with E-state index in [9.17, 15) is 4.79 Å². The Hall–Kier alpha value is -3.85. The molecule has 5 aromatic rings. The number of fused-ring (bicyclic) bond motifs is 1. The first kappa shape index (κ1) is 17.3. The lowest BCUT2D eigenvalue weighted by Crippen LogP contribution is -2.13. The normalized spacial score (nSPS) is 11.1. The minimum Gasteiger partial charge on any atom is -0.463 e. The van der Waals surface area contributed by atoms with Crippen molar-refractivity contribution in [2.24, 2.45) is 0 Å². The average molecular weight is 403 g/mol. The highest BCUT2D eigenvalue weighted by atomic mass is 32.1. The average Bonchev–Trinajstić information content (AvgIpc) is 3.50. The van der Waals surface area contributed by atoms with E-state index in [1.165, 1.54) is 11.3 Å². The van der Waals surface area contributed by atoms with E-state index in [-0.39, 0.29) is 11.6 Å². The standard InChI is InChI=1S/C20H13N5O3S/c1-11-16-13(10-14(15-8-5-9-27-15)21-18(16)28-25-11)17(26)22-20-24-23-19(29-20)12-6-3-2-4-7-12/h2-10H,1H3,(H,22,24,26). The van der Waals surface area contributed by atoms with Crippen LogP contribution in [0.25, 0.3) is 33.1 Å². The fourth-order valence-electron chi connectivity index (χ4n) is 2.96. The number of pyridine rings is 1. The smallest absolute Gasteiger partial charge is 0.259 e. The summed E-state index contributed by atoms with van der Waals surface area (Å²) in [6, 6.07) is 14.8. The van der Waals surface area contributed by atoms with Gasteiger partial charge in [0, 0.05) is 5.56 Å². The number of benzene rings is 1. The summed E-state index contributed by atoms with van der Waals surface area (Å²) in [6.45, 7) is 1.76. The highest BCUT2D eigenvalue weighted by Gasteiger charge is 2.21. The third-order valence-electron chi connectivity index (χ3n) is 4.30. The molecule has 8 nitrogen and oxygen atoms in total. The molecule has 0 aliphatic heterocycles. The predicted molar refractivity (Wildman–Crippen MR) is 108 cm³/mol. The molecule has 0 unspecified atom stereocenters. The quantitative estimate of drug-likeness (QED) is 0.469. The molecule has 0 saturated carbocycles. The highest BCUT2D eigenvalue weighted by molar-refractivity contribution is 7.18. The van der Waals surface area contributed by atoms with Gasteiger partial charge in [0.25, 0.3) is 11.6 Å². The van der Waals surface area contributed by atoms with Crippen molar-refractivity contribution in [1.82, 2.24) is 20.3 Å². The van der Waals surface area contributed by atoms with Crippen molar-refractivity contribution < 1.29 is 13.7 Å². The van der Waals surface area contributed by atoms with Gasteiger partial charge in [0.15, 0.2) is 5.76 Å². The molecular weight excluding hydrogens is 390 g/mol. The molecule has 0 aliphatic rings. The summed E-state index contributed by atoms with van der Waals surface area (Å²) in [5.41, 5.74) is 2.63. The maximum atomic E-state index is 13.0. The molecule has 29 heavy (non-hydrogen) atoms. The van der Waals surface area contributed by atoms with Gasteiger partial charge in [-0.25, -0.2) is 4.98 Å². The van der Waals surface area contributed by atoms with Crippen molar-refractivity contribution in [3.8, 4) is 22.0 Å². The van der Waals surface area contributed by atoms with Crippen molar-refractivity contribution >= 4 is 33.5 Å². The van der Waals surface area contributed by atoms with Gasteiger partial charge in [-0.2, -0.15) is 0 Å². The molecule has 4 aromatic heterocycles. The number of nitrogens with one attached hydrogen (secondary N) is 1. The van der Waals surface area contributed by atoms with Gasteiger partial charge in [-0.15, -0.1) is 10.2 Å². The van der Waals surface area contributed by atoms with E-state index < -0.39 is 0 Å². The first-order valence-corrected chi connectivity index (χ1v) is 9.52. The van der Waals surface area contributed by atoms with E-state index in [0.717, 1.165) is 10.6 Å². The van der Waals surface area contributed by atoms with Crippen molar-refractivity contribution in [2.75, 3.05) is 5.32 Å². The molecule has 0 fully saturated rings. The monoisotopic (exact) mass is 403 g/mol. The summed E-state index contributed by atoms with van der Waals surface area (Å²) in [7, 11) is 0. The predicted octanol–water partition coefficient (Wildman–Crippen LogP) is 4.56. The van der Waals surface area contributed by atoms with Gasteiger partial charge in [0.2, 0.25) is 5.13 Å². The summed E-state index contributed by atoms with van der Waals surface area (Å²) in [5, 5.41) is 16.7. The molecule has 0 aliphatic carbocycles. The van der Waals surface area contributed by atoms with Crippen LogP contribution in [0.5, 0.6) is 0 Å². The summed E-state index contributed by atoms with van der Waals surface area (Å²) in [5.74, 6) is 0.171. The SMILES string of the molecule is Cc1noc2nc(-c3ccco3)cc(C(=O)Nc3nnc(-c4ccccc4)s3)c12. The van der Waals surface area contributed by atoms with Gasteiger partial charge in [0.05, 0.1) is 22.9 Å². The fourth-order valence-corrected chi connectivity index (χ4v) is 3.70. The van der Waals surface area contributed by atoms with Crippen molar-refractivity contribution in [1.29, 1.82) is 0 Å². The molecule has 4 heterocycles. The largest absolute Gasteiger partial charge is 0.463 e. The molecule has 0 bridgehead atoms. The number of furan rings is 1. The zero-order chi connectivity index (χ0) is 19.8. The third-order valence-corrected chi connectivity index (χ3v) is 5.19. The van der Waals surface area contributed by atoms with Crippen molar-refractivity contribution in [3.63, 3.8) is 0 Å². The third kappa shape index (κ3) is 3.17. The maximum Gasteiger partial charge on any atom is 0.259 e.